The highest BCUT2D eigenvalue weighted by Gasteiger charge is 2.69. The molecule has 7 rings (SSSR count). The van der Waals surface area contributed by atoms with Gasteiger partial charge in [-0.3, -0.25) is 0 Å². The molecule has 2 spiro atoms. The van der Waals surface area contributed by atoms with Gasteiger partial charge in [0.2, 0.25) is 0 Å². The fraction of sp³-hybridized carbons (Fsp3) is 0.917. The highest BCUT2D eigenvalue weighted by molar-refractivity contribution is 5.31. The fourth-order valence-electron chi connectivity index (χ4n) is 8.90. The van der Waals surface area contributed by atoms with Gasteiger partial charge in [0.1, 0.15) is 0 Å². The highest BCUT2D eigenvalue weighted by atomic mass is 16.7. The summed E-state index contributed by atoms with van der Waals surface area (Å²) in [4.78, 5) is 0. The van der Waals surface area contributed by atoms with Crippen LogP contribution in [0.2, 0.25) is 0 Å². The summed E-state index contributed by atoms with van der Waals surface area (Å²) in [5.41, 5.74) is 1.98. The maximum atomic E-state index is 6.31. The van der Waals surface area contributed by atoms with Crippen LogP contribution in [0.4, 0.5) is 0 Å². The third kappa shape index (κ3) is 2.19. The maximum Gasteiger partial charge on any atom is 0.174 e. The van der Waals surface area contributed by atoms with Gasteiger partial charge in [-0.25, -0.2) is 0 Å². The number of hydrogen-bond acceptors (Lipinski definition) is 5. The molecule has 0 aromatic carbocycles. The molecule has 5 nitrogen and oxygen atoms in total. The maximum absolute atomic E-state index is 6.31. The van der Waals surface area contributed by atoms with E-state index in [4.69, 9.17) is 23.7 Å². The second-order valence-corrected chi connectivity index (χ2v) is 10.9. The summed E-state index contributed by atoms with van der Waals surface area (Å²) in [6, 6.07) is 0. The average Bonchev–Trinajstić information content (AvgIpc) is 3.18. The Morgan fingerprint density at radius 2 is 1.59 bits per heavy atom. The molecule has 1 unspecified atom stereocenters. The summed E-state index contributed by atoms with van der Waals surface area (Å²) in [5.74, 6) is 1.50. The number of hydrogen-bond donors (Lipinski definition) is 0. The van der Waals surface area contributed by atoms with Crippen molar-refractivity contribution < 1.29 is 23.7 Å². The summed E-state index contributed by atoms with van der Waals surface area (Å²) in [6.45, 7) is 6.43. The second-order valence-electron chi connectivity index (χ2n) is 10.9. The number of fused-ring (bicyclic) bond motifs is 6. The first-order valence-electron chi connectivity index (χ1n) is 12.0. The third-order valence-electron chi connectivity index (χ3n) is 10.2. The minimum atomic E-state index is -0.344. The SMILES string of the molecule is C[C@]12CC[C@H]3[C@@H](CC=C4CC5(CC[C@@]43C3CO3)OCCO5)[C@@H]1CCC21OCCO1. The van der Waals surface area contributed by atoms with E-state index in [1.165, 1.54) is 25.7 Å². The zero-order valence-corrected chi connectivity index (χ0v) is 17.6. The van der Waals surface area contributed by atoms with E-state index >= 15 is 0 Å². The van der Waals surface area contributed by atoms with Crippen molar-refractivity contribution >= 4 is 0 Å². The Kier molecular flexibility index (Phi) is 3.67. The Balaban J connectivity index is 1.26. The Morgan fingerprint density at radius 3 is 2.34 bits per heavy atom. The predicted molar refractivity (Wildman–Crippen MR) is 105 cm³/mol. The van der Waals surface area contributed by atoms with Gasteiger partial charge in [0.05, 0.1) is 39.1 Å². The minimum Gasteiger partial charge on any atom is -0.372 e. The van der Waals surface area contributed by atoms with E-state index < -0.39 is 0 Å². The molecule has 5 heteroatoms. The van der Waals surface area contributed by atoms with E-state index in [1.54, 1.807) is 5.57 Å². The normalized spacial score (nSPS) is 51.6. The summed E-state index contributed by atoms with van der Waals surface area (Å²) >= 11 is 0. The van der Waals surface area contributed by atoms with Gasteiger partial charge in [-0.1, -0.05) is 18.6 Å². The van der Waals surface area contributed by atoms with E-state index in [0.29, 0.717) is 12.0 Å². The van der Waals surface area contributed by atoms with Crippen molar-refractivity contribution in [1.82, 2.24) is 0 Å². The van der Waals surface area contributed by atoms with E-state index in [0.717, 1.165) is 70.6 Å². The second kappa shape index (κ2) is 5.86. The van der Waals surface area contributed by atoms with Crippen molar-refractivity contribution in [2.75, 3.05) is 33.0 Å². The van der Waals surface area contributed by atoms with Gasteiger partial charge >= 0.3 is 0 Å². The first-order chi connectivity index (χ1) is 14.1. The smallest absolute Gasteiger partial charge is 0.174 e. The molecule has 3 aliphatic heterocycles. The standard InChI is InChI=1S/C24H34O5/c1-21-6-4-19-17(18(21)5-7-24(21)28-12-13-29-24)3-2-16-14-22(26-10-11-27-22)8-9-23(16,19)20-15-25-20/h2,17-20H,3-15H2,1H3/t17-,18-,19-,20?,21-,23+/m0/s1. The van der Waals surface area contributed by atoms with Crippen LogP contribution in [-0.2, 0) is 23.7 Å². The van der Waals surface area contributed by atoms with Crippen LogP contribution in [0.5, 0.6) is 0 Å². The van der Waals surface area contributed by atoms with Crippen LogP contribution in [0, 0.1) is 28.6 Å². The Hall–Kier alpha value is -0.460. The largest absolute Gasteiger partial charge is 0.372 e. The van der Waals surface area contributed by atoms with Crippen molar-refractivity contribution in [3.05, 3.63) is 11.6 Å². The molecule has 3 heterocycles. The predicted octanol–water partition coefficient (Wildman–Crippen LogP) is 3.81. The Bertz CT molecular complexity index is 732. The fourth-order valence-corrected chi connectivity index (χ4v) is 8.90. The third-order valence-corrected chi connectivity index (χ3v) is 10.2. The highest BCUT2D eigenvalue weighted by Crippen LogP contribution is 2.70. The molecule has 0 N–H and O–H groups in total. The van der Waals surface area contributed by atoms with Crippen LogP contribution < -0.4 is 0 Å². The molecule has 0 radical (unpaired) electrons. The lowest BCUT2D eigenvalue weighted by Gasteiger charge is -2.60. The monoisotopic (exact) mass is 402 g/mol. The average molecular weight is 403 g/mol. The molecule has 0 bridgehead atoms. The van der Waals surface area contributed by atoms with Crippen molar-refractivity contribution in [1.29, 1.82) is 0 Å². The molecule has 6 fully saturated rings. The van der Waals surface area contributed by atoms with Gasteiger partial charge < -0.3 is 23.7 Å². The van der Waals surface area contributed by atoms with Crippen LogP contribution in [0.1, 0.15) is 58.3 Å². The summed E-state index contributed by atoms with van der Waals surface area (Å²) in [5, 5.41) is 0. The Morgan fingerprint density at radius 1 is 0.862 bits per heavy atom. The minimum absolute atomic E-state index is 0.162. The van der Waals surface area contributed by atoms with Crippen LogP contribution in [0.15, 0.2) is 11.6 Å². The molecule has 6 atom stereocenters. The molecule has 0 amide bonds. The van der Waals surface area contributed by atoms with Crippen LogP contribution >= 0.6 is 0 Å². The molecule has 7 aliphatic rings. The lowest BCUT2D eigenvalue weighted by molar-refractivity contribution is -0.244. The van der Waals surface area contributed by atoms with Crippen molar-refractivity contribution in [2.45, 2.75) is 76.0 Å². The summed E-state index contributed by atoms with van der Waals surface area (Å²) in [6.07, 6.45) is 12.1. The summed E-state index contributed by atoms with van der Waals surface area (Å²) < 4.78 is 30.9. The molecule has 0 aromatic heterocycles. The van der Waals surface area contributed by atoms with E-state index in [1.807, 2.05) is 0 Å². The van der Waals surface area contributed by atoms with Crippen molar-refractivity contribution in [3.63, 3.8) is 0 Å². The molecule has 3 saturated heterocycles. The molecule has 0 aromatic rings. The van der Waals surface area contributed by atoms with E-state index in [9.17, 15) is 0 Å². The van der Waals surface area contributed by atoms with Gasteiger partial charge in [-0.05, 0) is 49.9 Å². The lowest BCUT2D eigenvalue weighted by atomic mass is 9.46. The first-order valence-corrected chi connectivity index (χ1v) is 12.0. The quantitative estimate of drug-likeness (QED) is 0.493. The Labute approximate surface area is 173 Å². The first kappa shape index (κ1) is 18.1. The van der Waals surface area contributed by atoms with E-state index in [2.05, 4.69) is 13.0 Å². The van der Waals surface area contributed by atoms with Gasteiger partial charge in [-0.15, -0.1) is 0 Å². The molecule has 29 heavy (non-hydrogen) atoms. The topological polar surface area (TPSA) is 49.5 Å². The van der Waals surface area contributed by atoms with Crippen LogP contribution in [0.3, 0.4) is 0 Å². The number of allylic oxidation sites excluding steroid dienone is 1. The molecular weight excluding hydrogens is 368 g/mol. The summed E-state index contributed by atoms with van der Waals surface area (Å²) in [7, 11) is 0. The van der Waals surface area contributed by atoms with Gasteiger partial charge in [0.25, 0.3) is 0 Å². The zero-order valence-electron chi connectivity index (χ0n) is 17.6. The van der Waals surface area contributed by atoms with Gasteiger partial charge in [-0.2, -0.15) is 0 Å². The van der Waals surface area contributed by atoms with Crippen molar-refractivity contribution in [2.24, 2.45) is 28.6 Å². The lowest BCUT2D eigenvalue weighted by Crippen LogP contribution is -2.58. The zero-order chi connectivity index (χ0) is 19.3. The number of ether oxygens (including phenoxy) is 5. The van der Waals surface area contributed by atoms with Crippen LogP contribution in [0.25, 0.3) is 0 Å². The van der Waals surface area contributed by atoms with Gasteiger partial charge in [0.15, 0.2) is 11.6 Å². The molecule has 4 aliphatic carbocycles. The molecule has 3 saturated carbocycles. The molecular formula is C24H34O5. The molecule has 160 valence electrons. The number of rotatable bonds is 1. The van der Waals surface area contributed by atoms with Gasteiger partial charge in [0, 0.05) is 30.1 Å². The number of epoxide rings is 1. The van der Waals surface area contributed by atoms with E-state index in [-0.39, 0.29) is 22.4 Å². The van der Waals surface area contributed by atoms with Crippen LogP contribution in [-0.4, -0.2) is 50.7 Å². The van der Waals surface area contributed by atoms with Crippen molar-refractivity contribution in [3.8, 4) is 0 Å².